The zero-order valence-electron chi connectivity index (χ0n) is 13.2. The number of nitrogens with two attached hydrogens (primary N) is 1. The molecule has 0 saturated carbocycles. The molecule has 0 saturated heterocycles. The fourth-order valence-corrected chi connectivity index (χ4v) is 2.33. The molecule has 0 aliphatic rings. The Kier molecular flexibility index (Phi) is 8.64. The van der Waals surface area contributed by atoms with E-state index in [1.807, 2.05) is 30.3 Å². The van der Waals surface area contributed by atoms with E-state index in [0.29, 0.717) is 6.61 Å². The molecule has 22 heavy (non-hydrogen) atoms. The predicted molar refractivity (Wildman–Crippen MR) is 95.5 cm³/mol. The van der Waals surface area contributed by atoms with E-state index in [-0.39, 0.29) is 18.4 Å². The Hall–Kier alpha value is -1.51. The summed E-state index contributed by atoms with van der Waals surface area (Å²) in [5.74, 6) is 0.892. The first-order valence-corrected chi connectivity index (χ1v) is 7.82. The van der Waals surface area contributed by atoms with Crippen LogP contribution in [-0.2, 0) is 6.61 Å². The lowest BCUT2D eigenvalue weighted by Crippen LogP contribution is -2.09. The third kappa shape index (κ3) is 6.08. The second-order valence-corrected chi connectivity index (χ2v) is 5.45. The predicted octanol–water partition coefficient (Wildman–Crippen LogP) is 5.27. The molecule has 2 N–H and O–H groups in total. The topological polar surface area (TPSA) is 35.2 Å². The van der Waals surface area contributed by atoms with Gasteiger partial charge in [0, 0.05) is 6.04 Å². The van der Waals surface area contributed by atoms with Gasteiger partial charge in [0.2, 0.25) is 0 Å². The number of ether oxygens (including phenoxy) is 1. The lowest BCUT2D eigenvalue weighted by atomic mass is 10.0. The van der Waals surface area contributed by atoms with Gasteiger partial charge in [-0.25, -0.2) is 0 Å². The highest BCUT2D eigenvalue weighted by Gasteiger charge is 2.05. The summed E-state index contributed by atoms with van der Waals surface area (Å²) in [6.07, 6.45) is 4.74. The minimum absolute atomic E-state index is 0. The molecule has 1 atom stereocenters. The molecule has 0 fully saturated rings. The molecule has 3 heteroatoms. The molecule has 2 aromatic carbocycles. The molecule has 0 aliphatic carbocycles. The normalized spacial score (nSPS) is 11.5. The molecule has 0 radical (unpaired) electrons. The number of benzene rings is 2. The first kappa shape index (κ1) is 18.5. The lowest BCUT2D eigenvalue weighted by Gasteiger charge is -2.13. The van der Waals surface area contributed by atoms with E-state index in [9.17, 15) is 0 Å². The van der Waals surface area contributed by atoms with Gasteiger partial charge in [-0.2, -0.15) is 0 Å². The van der Waals surface area contributed by atoms with Crippen molar-refractivity contribution in [2.45, 2.75) is 45.3 Å². The molecular formula is C19H26ClNO. The van der Waals surface area contributed by atoms with Crippen LogP contribution >= 0.6 is 12.4 Å². The Labute approximate surface area is 140 Å². The van der Waals surface area contributed by atoms with E-state index >= 15 is 0 Å². The summed E-state index contributed by atoms with van der Waals surface area (Å²) < 4.78 is 5.78. The van der Waals surface area contributed by atoms with Gasteiger partial charge in [0.15, 0.2) is 0 Å². The molecule has 2 nitrogen and oxygen atoms in total. The third-order valence-electron chi connectivity index (χ3n) is 3.68. The average molecular weight is 320 g/mol. The molecular weight excluding hydrogens is 294 g/mol. The van der Waals surface area contributed by atoms with Crippen LogP contribution in [0.5, 0.6) is 5.75 Å². The van der Waals surface area contributed by atoms with Crippen molar-refractivity contribution in [3.05, 3.63) is 65.7 Å². The Morgan fingerprint density at radius 1 is 0.955 bits per heavy atom. The lowest BCUT2D eigenvalue weighted by molar-refractivity contribution is 0.306. The Balaban J connectivity index is 0.00000242. The summed E-state index contributed by atoms with van der Waals surface area (Å²) in [6, 6.07) is 18.5. The summed E-state index contributed by atoms with van der Waals surface area (Å²) in [5.41, 5.74) is 8.58. The summed E-state index contributed by atoms with van der Waals surface area (Å²) in [6.45, 7) is 2.81. The monoisotopic (exact) mass is 319 g/mol. The summed E-state index contributed by atoms with van der Waals surface area (Å²) in [7, 11) is 0. The number of unbranched alkanes of at least 4 members (excludes halogenated alkanes) is 2. The third-order valence-corrected chi connectivity index (χ3v) is 3.68. The zero-order chi connectivity index (χ0) is 14.9. The van der Waals surface area contributed by atoms with Gasteiger partial charge in [0.1, 0.15) is 12.4 Å². The SMILES string of the molecule is CCCCC[C@@H](N)c1ccc(OCc2ccccc2)cc1.Cl. The number of halogens is 1. The zero-order valence-corrected chi connectivity index (χ0v) is 14.0. The fourth-order valence-electron chi connectivity index (χ4n) is 2.33. The highest BCUT2D eigenvalue weighted by molar-refractivity contribution is 5.85. The van der Waals surface area contributed by atoms with Crippen molar-refractivity contribution in [2.24, 2.45) is 5.73 Å². The standard InChI is InChI=1S/C19H25NO.ClH/c1-2-3-5-10-19(20)17-11-13-18(14-12-17)21-15-16-8-6-4-7-9-16;/h4,6-9,11-14,19H,2-3,5,10,15,20H2,1H3;1H/t19-;/m1./s1. The fraction of sp³-hybridized carbons (Fsp3) is 0.368. The van der Waals surface area contributed by atoms with Crippen molar-refractivity contribution in [1.82, 2.24) is 0 Å². The Morgan fingerprint density at radius 3 is 2.27 bits per heavy atom. The van der Waals surface area contributed by atoms with E-state index in [4.69, 9.17) is 10.5 Å². The number of rotatable bonds is 8. The maximum atomic E-state index is 6.21. The van der Waals surface area contributed by atoms with E-state index in [0.717, 1.165) is 12.2 Å². The number of hydrogen-bond donors (Lipinski definition) is 1. The van der Waals surface area contributed by atoms with Gasteiger partial charge in [0.25, 0.3) is 0 Å². The first-order chi connectivity index (χ1) is 10.3. The van der Waals surface area contributed by atoms with Gasteiger partial charge < -0.3 is 10.5 Å². The van der Waals surface area contributed by atoms with E-state index < -0.39 is 0 Å². The van der Waals surface area contributed by atoms with E-state index in [2.05, 4.69) is 31.2 Å². The maximum absolute atomic E-state index is 6.21. The second kappa shape index (κ2) is 10.3. The highest BCUT2D eigenvalue weighted by atomic mass is 35.5. The van der Waals surface area contributed by atoms with Crippen LogP contribution in [0.25, 0.3) is 0 Å². The molecule has 120 valence electrons. The van der Waals surface area contributed by atoms with E-state index in [1.165, 1.54) is 30.4 Å². The van der Waals surface area contributed by atoms with Crippen LogP contribution in [0.1, 0.15) is 49.8 Å². The van der Waals surface area contributed by atoms with Crippen molar-refractivity contribution < 1.29 is 4.74 Å². The van der Waals surface area contributed by atoms with Crippen molar-refractivity contribution in [3.63, 3.8) is 0 Å². The molecule has 0 aliphatic heterocycles. The highest BCUT2D eigenvalue weighted by Crippen LogP contribution is 2.21. The van der Waals surface area contributed by atoms with Crippen LogP contribution in [0.3, 0.4) is 0 Å². The van der Waals surface area contributed by atoms with Crippen molar-refractivity contribution >= 4 is 12.4 Å². The summed E-state index contributed by atoms with van der Waals surface area (Å²) >= 11 is 0. The minimum Gasteiger partial charge on any atom is -0.489 e. The van der Waals surface area contributed by atoms with Crippen LogP contribution in [0.4, 0.5) is 0 Å². The molecule has 0 bridgehead atoms. The van der Waals surface area contributed by atoms with Crippen molar-refractivity contribution in [3.8, 4) is 5.75 Å². The molecule has 0 heterocycles. The van der Waals surface area contributed by atoms with Gasteiger partial charge in [0.05, 0.1) is 0 Å². The number of hydrogen-bond acceptors (Lipinski definition) is 2. The minimum atomic E-state index is 0. The van der Waals surface area contributed by atoms with Gasteiger partial charge in [-0.1, -0.05) is 68.7 Å². The molecule has 0 unspecified atom stereocenters. The van der Waals surface area contributed by atoms with Crippen molar-refractivity contribution in [2.75, 3.05) is 0 Å². The van der Waals surface area contributed by atoms with Gasteiger partial charge in [-0.15, -0.1) is 12.4 Å². The average Bonchev–Trinajstić information content (AvgIpc) is 2.54. The largest absolute Gasteiger partial charge is 0.489 e. The van der Waals surface area contributed by atoms with Crippen LogP contribution < -0.4 is 10.5 Å². The van der Waals surface area contributed by atoms with Crippen LogP contribution in [0.15, 0.2) is 54.6 Å². The van der Waals surface area contributed by atoms with Crippen LogP contribution in [-0.4, -0.2) is 0 Å². The second-order valence-electron chi connectivity index (χ2n) is 5.45. The van der Waals surface area contributed by atoms with Crippen molar-refractivity contribution in [1.29, 1.82) is 0 Å². The molecule has 2 rings (SSSR count). The molecule has 2 aromatic rings. The van der Waals surface area contributed by atoms with Gasteiger partial charge in [-0.05, 0) is 29.7 Å². The summed E-state index contributed by atoms with van der Waals surface area (Å²) in [5, 5.41) is 0. The first-order valence-electron chi connectivity index (χ1n) is 7.82. The summed E-state index contributed by atoms with van der Waals surface area (Å²) in [4.78, 5) is 0. The van der Waals surface area contributed by atoms with Gasteiger partial charge >= 0.3 is 0 Å². The Bertz CT molecular complexity index is 513. The maximum Gasteiger partial charge on any atom is 0.119 e. The van der Waals surface area contributed by atoms with Gasteiger partial charge in [-0.3, -0.25) is 0 Å². The Morgan fingerprint density at radius 2 is 1.64 bits per heavy atom. The quantitative estimate of drug-likeness (QED) is 0.673. The van der Waals surface area contributed by atoms with E-state index in [1.54, 1.807) is 0 Å². The smallest absolute Gasteiger partial charge is 0.119 e. The molecule has 0 amide bonds. The van der Waals surface area contributed by atoms with Crippen LogP contribution in [0.2, 0.25) is 0 Å². The molecule has 0 spiro atoms. The molecule has 0 aromatic heterocycles. The van der Waals surface area contributed by atoms with Crippen LogP contribution in [0, 0.1) is 0 Å².